The lowest BCUT2D eigenvalue weighted by Gasteiger charge is -2.11. The van der Waals surface area contributed by atoms with Gasteiger partial charge in [-0.15, -0.1) is 11.3 Å². The number of sulfonamides is 1. The summed E-state index contributed by atoms with van der Waals surface area (Å²) in [6.07, 6.45) is 1.70. The number of aromatic nitrogens is 1. The first-order valence-electron chi connectivity index (χ1n) is 6.09. The molecule has 3 rings (SSSR count). The largest absolute Gasteiger partial charge is 0.278 e. The molecule has 0 unspecified atom stereocenters. The molecule has 0 aliphatic rings. The molecule has 0 saturated heterocycles. The van der Waals surface area contributed by atoms with E-state index in [9.17, 15) is 8.42 Å². The van der Waals surface area contributed by atoms with Crippen LogP contribution < -0.4 is 4.72 Å². The number of halogens is 1. The molecule has 0 saturated carbocycles. The number of hydrogen-bond acceptors (Lipinski definition) is 4. The molecule has 0 spiro atoms. The van der Waals surface area contributed by atoms with E-state index in [1.54, 1.807) is 29.8 Å². The Morgan fingerprint density at radius 3 is 2.76 bits per heavy atom. The topological polar surface area (TPSA) is 59.1 Å². The van der Waals surface area contributed by atoms with Crippen LogP contribution in [0.15, 0.2) is 50.6 Å². The van der Waals surface area contributed by atoms with E-state index in [0.717, 1.165) is 16.5 Å². The minimum Gasteiger partial charge on any atom is -0.278 e. The average molecular weight is 383 g/mol. The number of hydrogen-bond donors (Lipinski definition) is 1. The third-order valence-electron chi connectivity index (χ3n) is 3.04. The summed E-state index contributed by atoms with van der Waals surface area (Å²) in [5, 5.41) is 2.52. The lowest BCUT2D eigenvalue weighted by molar-refractivity contribution is 0.603. The van der Waals surface area contributed by atoms with Crippen LogP contribution in [0.25, 0.3) is 10.9 Å². The van der Waals surface area contributed by atoms with E-state index >= 15 is 0 Å². The first-order valence-corrected chi connectivity index (χ1v) is 9.25. The molecule has 7 heteroatoms. The number of nitrogens with one attached hydrogen (secondary N) is 1. The molecule has 4 nitrogen and oxygen atoms in total. The number of benzene rings is 1. The van der Waals surface area contributed by atoms with Gasteiger partial charge in [0.05, 0.1) is 11.2 Å². The predicted octanol–water partition coefficient (Wildman–Crippen LogP) is 4.17. The van der Waals surface area contributed by atoms with Gasteiger partial charge in [-0.3, -0.25) is 9.71 Å². The zero-order chi connectivity index (χ0) is 15.0. The third kappa shape index (κ3) is 2.68. The highest BCUT2D eigenvalue weighted by atomic mass is 79.9. The van der Waals surface area contributed by atoms with Gasteiger partial charge in [0, 0.05) is 16.1 Å². The van der Waals surface area contributed by atoms with E-state index in [0.29, 0.717) is 10.2 Å². The Bertz CT molecular complexity index is 920. The van der Waals surface area contributed by atoms with Crippen LogP contribution in [0.5, 0.6) is 0 Å². The third-order valence-corrected chi connectivity index (χ3v) is 7.08. The average Bonchev–Trinajstić information content (AvgIpc) is 2.89. The van der Waals surface area contributed by atoms with E-state index in [2.05, 4.69) is 25.6 Å². The maximum Gasteiger partial charge on any atom is 0.272 e. The smallest absolute Gasteiger partial charge is 0.272 e. The first kappa shape index (κ1) is 14.5. The Hall–Kier alpha value is -1.44. The normalized spacial score (nSPS) is 11.7. The molecule has 0 fully saturated rings. The summed E-state index contributed by atoms with van der Waals surface area (Å²) in [6.45, 7) is 1.95. The summed E-state index contributed by atoms with van der Waals surface area (Å²) < 4.78 is 28.4. The van der Waals surface area contributed by atoms with Gasteiger partial charge in [-0.25, -0.2) is 8.42 Å². The van der Waals surface area contributed by atoms with E-state index in [-0.39, 0.29) is 4.21 Å². The first-order chi connectivity index (χ1) is 9.99. The number of thiophene rings is 1. The molecule has 2 heterocycles. The van der Waals surface area contributed by atoms with Gasteiger partial charge in [-0.05, 0) is 58.1 Å². The summed E-state index contributed by atoms with van der Waals surface area (Å²) in [5.41, 5.74) is 2.33. The Morgan fingerprint density at radius 1 is 1.24 bits per heavy atom. The summed E-state index contributed by atoms with van der Waals surface area (Å²) in [7, 11) is -3.61. The number of fused-ring (bicyclic) bond motifs is 1. The lowest BCUT2D eigenvalue weighted by Crippen LogP contribution is -2.12. The molecule has 1 N–H and O–H groups in total. The molecule has 1 aromatic carbocycles. The number of anilines is 1. The van der Waals surface area contributed by atoms with Crippen molar-refractivity contribution >= 4 is 53.9 Å². The predicted molar refractivity (Wildman–Crippen MR) is 89.3 cm³/mol. The molecule has 3 aromatic rings. The van der Waals surface area contributed by atoms with Gasteiger partial charge in [0.15, 0.2) is 4.21 Å². The fourth-order valence-electron chi connectivity index (χ4n) is 2.07. The summed E-state index contributed by atoms with van der Waals surface area (Å²) in [5.74, 6) is 0. The Balaban J connectivity index is 2.11. The second kappa shape index (κ2) is 5.40. The van der Waals surface area contributed by atoms with Gasteiger partial charge >= 0.3 is 0 Å². The standard InChI is InChI=1S/C14H11BrN2O2S2/c1-9-4-5-12(10-3-2-7-16-13(9)10)17-21(18,19)14-11(15)6-8-20-14/h2-8,17H,1H3. The zero-order valence-electron chi connectivity index (χ0n) is 11.0. The minimum atomic E-state index is -3.61. The van der Waals surface area contributed by atoms with Crippen LogP contribution >= 0.6 is 27.3 Å². The van der Waals surface area contributed by atoms with Crippen LogP contribution in [0.1, 0.15) is 5.56 Å². The van der Waals surface area contributed by atoms with Crippen molar-refractivity contribution in [1.82, 2.24) is 4.98 Å². The van der Waals surface area contributed by atoms with Crippen molar-refractivity contribution in [3.63, 3.8) is 0 Å². The maximum absolute atomic E-state index is 12.5. The lowest BCUT2D eigenvalue weighted by atomic mass is 10.1. The quantitative estimate of drug-likeness (QED) is 0.739. The Labute approximate surface area is 135 Å². The Kier molecular flexibility index (Phi) is 3.73. The Morgan fingerprint density at radius 2 is 2.05 bits per heavy atom. The van der Waals surface area contributed by atoms with Gasteiger partial charge in [0.25, 0.3) is 10.0 Å². The molecule has 108 valence electrons. The minimum absolute atomic E-state index is 0.264. The summed E-state index contributed by atoms with van der Waals surface area (Å²) >= 11 is 4.43. The van der Waals surface area contributed by atoms with E-state index in [4.69, 9.17) is 0 Å². The van der Waals surface area contributed by atoms with Crippen LogP contribution in [-0.4, -0.2) is 13.4 Å². The van der Waals surface area contributed by atoms with Crippen molar-refractivity contribution in [3.8, 4) is 0 Å². The maximum atomic E-state index is 12.5. The molecule has 0 amide bonds. The molecule has 2 aromatic heterocycles. The highest BCUT2D eigenvalue weighted by molar-refractivity contribution is 9.10. The van der Waals surface area contributed by atoms with Gasteiger partial charge in [-0.1, -0.05) is 6.07 Å². The highest BCUT2D eigenvalue weighted by Crippen LogP contribution is 2.31. The van der Waals surface area contributed by atoms with Gasteiger partial charge < -0.3 is 0 Å². The number of rotatable bonds is 3. The second-order valence-electron chi connectivity index (χ2n) is 4.49. The second-order valence-corrected chi connectivity index (χ2v) is 8.14. The number of pyridine rings is 1. The number of nitrogens with zero attached hydrogens (tertiary/aromatic N) is 1. The SMILES string of the molecule is Cc1ccc(NS(=O)(=O)c2sccc2Br)c2cccnc12. The molecular formula is C14H11BrN2O2S2. The van der Waals surface area contributed by atoms with Gasteiger partial charge in [0.1, 0.15) is 0 Å². The molecule has 0 radical (unpaired) electrons. The molecule has 0 aliphatic carbocycles. The van der Waals surface area contributed by atoms with Crippen LogP contribution in [0.2, 0.25) is 0 Å². The van der Waals surface area contributed by atoms with Crippen molar-refractivity contribution < 1.29 is 8.42 Å². The van der Waals surface area contributed by atoms with E-state index in [1.807, 2.05) is 19.1 Å². The van der Waals surface area contributed by atoms with Crippen LogP contribution in [0.4, 0.5) is 5.69 Å². The zero-order valence-corrected chi connectivity index (χ0v) is 14.2. The van der Waals surface area contributed by atoms with Crippen molar-refractivity contribution in [2.24, 2.45) is 0 Å². The van der Waals surface area contributed by atoms with Crippen molar-refractivity contribution in [2.45, 2.75) is 11.1 Å². The molecule has 0 aliphatic heterocycles. The summed E-state index contributed by atoms with van der Waals surface area (Å²) in [4.78, 5) is 4.31. The van der Waals surface area contributed by atoms with Crippen molar-refractivity contribution in [1.29, 1.82) is 0 Å². The monoisotopic (exact) mass is 382 g/mol. The van der Waals surface area contributed by atoms with E-state index < -0.39 is 10.0 Å². The fraction of sp³-hybridized carbons (Fsp3) is 0.0714. The number of aryl methyl sites for hydroxylation is 1. The van der Waals surface area contributed by atoms with Crippen LogP contribution in [0.3, 0.4) is 0 Å². The van der Waals surface area contributed by atoms with Crippen LogP contribution in [-0.2, 0) is 10.0 Å². The van der Waals surface area contributed by atoms with Gasteiger partial charge in [-0.2, -0.15) is 0 Å². The highest BCUT2D eigenvalue weighted by Gasteiger charge is 2.20. The summed E-state index contributed by atoms with van der Waals surface area (Å²) in [6, 6.07) is 8.99. The van der Waals surface area contributed by atoms with E-state index in [1.165, 1.54) is 11.3 Å². The molecular weight excluding hydrogens is 372 g/mol. The van der Waals surface area contributed by atoms with Gasteiger partial charge in [0.2, 0.25) is 0 Å². The van der Waals surface area contributed by atoms with Crippen molar-refractivity contribution in [2.75, 3.05) is 4.72 Å². The van der Waals surface area contributed by atoms with Crippen LogP contribution in [0, 0.1) is 6.92 Å². The molecule has 0 atom stereocenters. The fourth-order valence-corrected chi connectivity index (χ4v) is 5.48. The van der Waals surface area contributed by atoms with Crippen molar-refractivity contribution in [3.05, 3.63) is 51.9 Å². The molecule has 21 heavy (non-hydrogen) atoms. The molecule has 0 bridgehead atoms.